The molecule has 2 aliphatic rings. The minimum atomic E-state index is -4.65. The normalized spacial score (nSPS) is 21.2. The van der Waals surface area contributed by atoms with Crippen LogP contribution in [0.25, 0.3) is 11.5 Å². The topological polar surface area (TPSA) is 93.4 Å². The summed E-state index contributed by atoms with van der Waals surface area (Å²) in [5.74, 6) is -3.64. The first-order chi connectivity index (χ1) is 15.0. The molecular formula is C19H22F5N5O3. The second kappa shape index (κ2) is 8.51. The zero-order valence-electron chi connectivity index (χ0n) is 17.6. The van der Waals surface area contributed by atoms with Crippen LogP contribution in [-0.4, -0.2) is 58.7 Å². The Morgan fingerprint density at radius 1 is 1.28 bits per heavy atom. The van der Waals surface area contributed by atoms with E-state index in [-0.39, 0.29) is 55.8 Å². The van der Waals surface area contributed by atoms with Gasteiger partial charge in [0.25, 0.3) is 11.8 Å². The molecule has 32 heavy (non-hydrogen) atoms. The fourth-order valence-corrected chi connectivity index (χ4v) is 3.49. The van der Waals surface area contributed by atoms with E-state index in [4.69, 9.17) is 9.15 Å². The number of aromatic nitrogens is 3. The first kappa shape index (κ1) is 23.7. The number of pyridine rings is 1. The van der Waals surface area contributed by atoms with Gasteiger partial charge in [-0.2, -0.15) is 13.2 Å². The SMILES string of the molecule is CC.COc1nc(C(F)(F)F)ccc1-c1nnc(NCC(=O)N2CCC3(C2)CC3(F)F)o1. The molecule has 0 aromatic carbocycles. The van der Waals surface area contributed by atoms with Crippen molar-refractivity contribution in [3.05, 3.63) is 17.8 Å². The molecule has 1 unspecified atom stereocenters. The summed E-state index contributed by atoms with van der Waals surface area (Å²) in [7, 11) is 1.15. The Kier molecular flexibility index (Phi) is 6.29. The molecule has 0 bridgehead atoms. The van der Waals surface area contributed by atoms with Gasteiger partial charge in [-0.3, -0.25) is 4.79 Å². The summed E-state index contributed by atoms with van der Waals surface area (Å²) < 4.78 is 75.4. The predicted octanol–water partition coefficient (Wildman–Crippen LogP) is 3.85. The minimum Gasteiger partial charge on any atom is -0.480 e. The van der Waals surface area contributed by atoms with Gasteiger partial charge >= 0.3 is 12.2 Å². The lowest BCUT2D eigenvalue weighted by Gasteiger charge is -2.16. The summed E-state index contributed by atoms with van der Waals surface area (Å²) in [6, 6.07) is 1.66. The minimum absolute atomic E-state index is 0.00399. The monoisotopic (exact) mass is 463 g/mol. The van der Waals surface area contributed by atoms with Crippen LogP contribution in [0.4, 0.5) is 28.0 Å². The molecule has 1 saturated carbocycles. The molecule has 8 nitrogen and oxygen atoms in total. The van der Waals surface area contributed by atoms with E-state index in [9.17, 15) is 26.7 Å². The van der Waals surface area contributed by atoms with E-state index in [1.54, 1.807) is 0 Å². The number of rotatable bonds is 5. The van der Waals surface area contributed by atoms with Gasteiger partial charge in [0.15, 0.2) is 0 Å². The predicted molar refractivity (Wildman–Crippen MR) is 102 cm³/mol. The fourth-order valence-electron chi connectivity index (χ4n) is 3.49. The maximum absolute atomic E-state index is 13.4. The highest BCUT2D eigenvalue weighted by molar-refractivity contribution is 5.80. The number of hydrogen-bond acceptors (Lipinski definition) is 7. The number of methoxy groups -OCH3 is 1. The van der Waals surface area contributed by atoms with E-state index in [2.05, 4.69) is 20.5 Å². The summed E-state index contributed by atoms with van der Waals surface area (Å²) in [6.45, 7) is 4.00. The van der Waals surface area contributed by atoms with Crippen LogP contribution in [0.1, 0.15) is 32.4 Å². The van der Waals surface area contributed by atoms with Crippen LogP contribution in [0.2, 0.25) is 0 Å². The van der Waals surface area contributed by atoms with Crippen molar-refractivity contribution in [2.75, 3.05) is 32.1 Å². The number of nitrogens with one attached hydrogen (secondary N) is 1. The standard InChI is InChI=1S/C17H16F5N5O3.C2H6/c1-29-12-9(2-3-10(24-12)17(20,21)22)13-25-26-14(30-13)23-6-11(28)27-5-4-15(8-27)7-16(15,18)19;1-2/h2-3H,4-8H2,1H3,(H,23,26);1-2H3. The van der Waals surface area contributed by atoms with Gasteiger partial charge < -0.3 is 19.4 Å². The second-order valence-corrected chi connectivity index (χ2v) is 7.24. The molecule has 0 radical (unpaired) electrons. The third-order valence-corrected chi connectivity index (χ3v) is 5.31. The van der Waals surface area contributed by atoms with E-state index in [1.165, 1.54) is 4.90 Å². The zero-order valence-corrected chi connectivity index (χ0v) is 17.6. The summed E-state index contributed by atoms with van der Waals surface area (Å²) in [6.07, 6.45) is -4.59. The second-order valence-electron chi connectivity index (χ2n) is 7.24. The fraction of sp³-hybridized carbons (Fsp3) is 0.579. The molecule has 4 rings (SSSR count). The number of halogens is 5. The van der Waals surface area contributed by atoms with Crippen LogP contribution < -0.4 is 10.1 Å². The quantitative estimate of drug-likeness (QED) is 0.673. The number of likely N-dealkylation sites (tertiary alicyclic amines) is 1. The van der Waals surface area contributed by atoms with Crippen LogP contribution in [0.15, 0.2) is 16.5 Å². The van der Waals surface area contributed by atoms with Crippen molar-refractivity contribution >= 4 is 11.9 Å². The number of carbonyl (C=O) groups is 1. The van der Waals surface area contributed by atoms with Gasteiger partial charge in [-0.15, -0.1) is 5.10 Å². The van der Waals surface area contributed by atoms with Crippen molar-refractivity contribution in [3.8, 4) is 17.3 Å². The smallest absolute Gasteiger partial charge is 0.433 e. The van der Waals surface area contributed by atoms with Crippen LogP contribution in [-0.2, 0) is 11.0 Å². The van der Waals surface area contributed by atoms with Crippen LogP contribution in [0.5, 0.6) is 5.88 Å². The average molecular weight is 463 g/mol. The van der Waals surface area contributed by atoms with Crippen LogP contribution >= 0.6 is 0 Å². The van der Waals surface area contributed by atoms with E-state index < -0.39 is 29.1 Å². The van der Waals surface area contributed by atoms with Crippen molar-refractivity contribution in [1.82, 2.24) is 20.1 Å². The van der Waals surface area contributed by atoms with Crippen molar-refractivity contribution in [2.45, 2.75) is 38.8 Å². The number of amides is 1. The molecule has 1 spiro atoms. The van der Waals surface area contributed by atoms with Gasteiger partial charge in [-0.05, 0) is 18.6 Å². The molecule has 13 heteroatoms. The lowest BCUT2D eigenvalue weighted by Crippen LogP contribution is -2.34. The molecule has 1 amide bonds. The highest BCUT2D eigenvalue weighted by Gasteiger charge is 2.72. The highest BCUT2D eigenvalue weighted by Crippen LogP contribution is 2.65. The third kappa shape index (κ3) is 4.46. The van der Waals surface area contributed by atoms with Crippen molar-refractivity contribution in [2.24, 2.45) is 5.41 Å². The Bertz CT molecular complexity index is 981. The lowest BCUT2D eigenvalue weighted by atomic mass is 10.1. The van der Waals surface area contributed by atoms with Crippen molar-refractivity contribution in [1.29, 1.82) is 0 Å². The van der Waals surface area contributed by atoms with E-state index >= 15 is 0 Å². The van der Waals surface area contributed by atoms with Crippen molar-refractivity contribution in [3.63, 3.8) is 0 Å². The van der Waals surface area contributed by atoms with Crippen LogP contribution in [0, 0.1) is 5.41 Å². The largest absolute Gasteiger partial charge is 0.480 e. The first-order valence-corrected chi connectivity index (χ1v) is 9.90. The van der Waals surface area contributed by atoms with Crippen LogP contribution in [0.3, 0.4) is 0 Å². The van der Waals surface area contributed by atoms with Gasteiger partial charge in [0.1, 0.15) is 11.3 Å². The van der Waals surface area contributed by atoms with E-state index in [0.717, 1.165) is 19.2 Å². The molecule has 2 fully saturated rings. The molecule has 176 valence electrons. The number of carbonyl (C=O) groups excluding carboxylic acids is 1. The van der Waals surface area contributed by atoms with Gasteiger partial charge in [0.2, 0.25) is 11.8 Å². The summed E-state index contributed by atoms with van der Waals surface area (Å²) >= 11 is 0. The Morgan fingerprint density at radius 2 is 1.97 bits per heavy atom. The third-order valence-electron chi connectivity index (χ3n) is 5.31. The maximum Gasteiger partial charge on any atom is 0.433 e. The maximum atomic E-state index is 13.4. The Balaban J connectivity index is 0.00000141. The van der Waals surface area contributed by atoms with Gasteiger partial charge in [-0.25, -0.2) is 13.8 Å². The molecule has 3 heterocycles. The van der Waals surface area contributed by atoms with Gasteiger partial charge in [-0.1, -0.05) is 18.9 Å². The number of hydrogen-bond donors (Lipinski definition) is 1. The summed E-state index contributed by atoms with van der Waals surface area (Å²) in [5, 5.41) is 9.98. The number of ether oxygens (including phenoxy) is 1. The van der Waals surface area contributed by atoms with Gasteiger partial charge in [0, 0.05) is 19.5 Å². The number of anilines is 1. The Morgan fingerprint density at radius 3 is 2.53 bits per heavy atom. The average Bonchev–Trinajstić information content (AvgIpc) is 3.16. The number of alkyl halides is 5. The summed E-state index contributed by atoms with van der Waals surface area (Å²) in [4.78, 5) is 17.0. The Labute approximate surface area is 180 Å². The van der Waals surface area contributed by atoms with E-state index in [0.29, 0.717) is 0 Å². The lowest BCUT2D eigenvalue weighted by molar-refractivity contribution is -0.141. The van der Waals surface area contributed by atoms with Crippen molar-refractivity contribution < 1.29 is 35.9 Å². The molecule has 1 aliphatic carbocycles. The van der Waals surface area contributed by atoms with Gasteiger partial charge in [0.05, 0.1) is 19.1 Å². The molecule has 1 saturated heterocycles. The highest BCUT2D eigenvalue weighted by atomic mass is 19.4. The molecule has 2 aromatic rings. The first-order valence-electron chi connectivity index (χ1n) is 9.90. The Hall–Kier alpha value is -2.99. The molecule has 1 N–H and O–H groups in total. The molecule has 1 atom stereocenters. The number of nitrogens with zero attached hydrogens (tertiary/aromatic N) is 4. The molecular weight excluding hydrogens is 441 g/mol. The van der Waals surface area contributed by atoms with E-state index in [1.807, 2.05) is 13.8 Å². The molecule has 1 aliphatic heterocycles. The summed E-state index contributed by atoms with van der Waals surface area (Å²) in [5.41, 5.74) is -2.20. The zero-order chi connectivity index (χ0) is 23.7. The molecule has 2 aromatic heterocycles.